The van der Waals surface area contributed by atoms with E-state index < -0.39 is 12.1 Å². The summed E-state index contributed by atoms with van der Waals surface area (Å²) < 4.78 is 0. The molecule has 102 valence electrons. The van der Waals surface area contributed by atoms with Crippen molar-refractivity contribution >= 4 is 52.6 Å². The fourth-order valence-electron chi connectivity index (χ4n) is 1.88. The van der Waals surface area contributed by atoms with Gasteiger partial charge in [0.15, 0.2) is 0 Å². The van der Waals surface area contributed by atoms with Crippen LogP contribution in [0.1, 0.15) is 6.42 Å². The minimum absolute atomic E-state index is 0.266. The lowest BCUT2D eigenvalue weighted by atomic mass is 10.2. The van der Waals surface area contributed by atoms with Crippen LogP contribution < -0.4 is 10.2 Å². The first kappa shape index (κ1) is 14.5. The Labute approximate surface area is 125 Å². The second kappa shape index (κ2) is 6.03. The fourth-order valence-corrected chi connectivity index (χ4v) is 2.86. The highest BCUT2D eigenvalue weighted by atomic mass is 35.5. The molecule has 1 aliphatic rings. The second-order valence-electron chi connectivity index (χ2n) is 4.08. The zero-order chi connectivity index (χ0) is 14.0. The van der Waals surface area contributed by atoms with Gasteiger partial charge in [-0.2, -0.15) is 11.8 Å². The molecule has 1 unspecified atom stereocenters. The van der Waals surface area contributed by atoms with E-state index in [1.54, 1.807) is 30.0 Å². The molecule has 0 radical (unpaired) electrons. The van der Waals surface area contributed by atoms with Crippen LogP contribution in [-0.2, 0) is 4.79 Å². The number of nitrogens with one attached hydrogen (secondary N) is 1. The van der Waals surface area contributed by atoms with Gasteiger partial charge in [-0.3, -0.25) is 4.79 Å². The molecule has 0 saturated carbocycles. The largest absolute Gasteiger partial charge is 0.329 e. The quantitative estimate of drug-likeness (QED) is 0.867. The Morgan fingerprint density at radius 1 is 1.26 bits per heavy atom. The van der Waals surface area contributed by atoms with Crippen LogP contribution in [0.15, 0.2) is 18.2 Å². The van der Waals surface area contributed by atoms with Crippen molar-refractivity contribution in [2.75, 3.05) is 16.9 Å². The Kier molecular flexibility index (Phi) is 4.60. The van der Waals surface area contributed by atoms with Crippen molar-refractivity contribution in [1.82, 2.24) is 5.32 Å². The highest BCUT2D eigenvalue weighted by Gasteiger charge is 2.38. The zero-order valence-corrected chi connectivity index (χ0v) is 12.5. The van der Waals surface area contributed by atoms with Gasteiger partial charge in [-0.05, 0) is 36.6 Å². The molecule has 0 aromatic heterocycles. The molecule has 3 amide bonds. The SMILES string of the molecule is CSCCC1NC(=O)N(c2cc(Cl)cc(Cl)c2)C1=O. The molecule has 2 rings (SSSR count). The molecule has 1 heterocycles. The first-order chi connectivity index (χ1) is 9.02. The standard InChI is InChI=1S/C12H12Cl2N2O2S/c1-19-3-2-10-11(17)16(12(18)15-10)9-5-7(13)4-8(14)6-9/h4-6,10H,2-3H2,1H3,(H,15,18). The van der Waals surface area contributed by atoms with Gasteiger partial charge in [0.1, 0.15) is 6.04 Å². The van der Waals surface area contributed by atoms with Gasteiger partial charge < -0.3 is 5.32 Å². The Hall–Kier alpha value is -0.910. The molecule has 1 N–H and O–H groups in total. The summed E-state index contributed by atoms with van der Waals surface area (Å²) in [6.45, 7) is 0. The summed E-state index contributed by atoms with van der Waals surface area (Å²) in [6.07, 6.45) is 2.56. The van der Waals surface area contributed by atoms with Crippen molar-refractivity contribution < 1.29 is 9.59 Å². The van der Waals surface area contributed by atoms with Crippen LogP contribution >= 0.6 is 35.0 Å². The molecular formula is C12H12Cl2N2O2S. The van der Waals surface area contributed by atoms with E-state index >= 15 is 0 Å². The first-order valence-corrected chi connectivity index (χ1v) is 7.77. The number of rotatable bonds is 4. The van der Waals surface area contributed by atoms with Gasteiger partial charge in [0.2, 0.25) is 0 Å². The smallest absolute Gasteiger partial charge is 0.325 e. The number of imide groups is 1. The predicted octanol–water partition coefficient (Wildman–Crippen LogP) is 3.17. The second-order valence-corrected chi connectivity index (χ2v) is 5.94. The maximum atomic E-state index is 12.2. The van der Waals surface area contributed by atoms with E-state index in [2.05, 4.69) is 5.32 Å². The summed E-state index contributed by atoms with van der Waals surface area (Å²) >= 11 is 13.4. The van der Waals surface area contributed by atoms with Gasteiger partial charge >= 0.3 is 6.03 Å². The summed E-state index contributed by atoms with van der Waals surface area (Å²) in [5.41, 5.74) is 0.395. The van der Waals surface area contributed by atoms with E-state index in [0.717, 1.165) is 10.7 Å². The van der Waals surface area contributed by atoms with Crippen molar-refractivity contribution in [1.29, 1.82) is 0 Å². The van der Waals surface area contributed by atoms with E-state index in [4.69, 9.17) is 23.2 Å². The van der Waals surface area contributed by atoms with Crippen LogP contribution in [0, 0.1) is 0 Å². The minimum atomic E-state index is -0.474. The third kappa shape index (κ3) is 3.16. The van der Waals surface area contributed by atoms with Crippen molar-refractivity contribution in [3.8, 4) is 0 Å². The van der Waals surface area contributed by atoms with Gasteiger partial charge in [-0.15, -0.1) is 0 Å². The van der Waals surface area contributed by atoms with E-state index in [1.807, 2.05) is 6.26 Å². The van der Waals surface area contributed by atoms with Crippen molar-refractivity contribution in [3.05, 3.63) is 28.2 Å². The molecule has 1 aromatic rings. The monoisotopic (exact) mass is 318 g/mol. The van der Waals surface area contributed by atoms with Crippen molar-refractivity contribution in [3.63, 3.8) is 0 Å². The molecule has 1 aliphatic heterocycles. The normalized spacial score (nSPS) is 18.9. The minimum Gasteiger partial charge on any atom is -0.325 e. The number of benzene rings is 1. The van der Waals surface area contributed by atoms with E-state index in [-0.39, 0.29) is 5.91 Å². The summed E-state index contributed by atoms with van der Waals surface area (Å²) in [4.78, 5) is 25.2. The number of hydrogen-bond acceptors (Lipinski definition) is 3. The van der Waals surface area contributed by atoms with Gasteiger partial charge in [-0.25, -0.2) is 9.69 Å². The summed E-state index contributed by atoms with van der Waals surface area (Å²) in [5.74, 6) is 0.540. The molecule has 7 heteroatoms. The fraction of sp³-hybridized carbons (Fsp3) is 0.333. The summed E-state index contributed by atoms with van der Waals surface area (Å²) in [7, 11) is 0. The van der Waals surface area contributed by atoms with Gasteiger partial charge in [0, 0.05) is 10.0 Å². The number of thioether (sulfide) groups is 1. The van der Waals surface area contributed by atoms with Gasteiger partial charge in [-0.1, -0.05) is 23.2 Å². The lowest BCUT2D eigenvalue weighted by Crippen LogP contribution is -2.31. The number of hydrogen-bond donors (Lipinski definition) is 1. The van der Waals surface area contributed by atoms with Crippen LogP contribution in [0.5, 0.6) is 0 Å². The third-order valence-electron chi connectivity index (χ3n) is 2.74. The predicted molar refractivity (Wildman–Crippen MR) is 79.3 cm³/mol. The maximum Gasteiger partial charge on any atom is 0.329 e. The summed E-state index contributed by atoms with van der Waals surface area (Å²) in [6, 6.07) is 3.73. The third-order valence-corrected chi connectivity index (χ3v) is 3.82. The lowest BCUT2D eigenvalue weighted by Gasteiger charge is -2.13. The molecule has 4 nitrogen and oxygen atoms in total. The van der Waals surface area contributed by atoms with Crippen molar-refractivity contribution in [2.45, 2.75) is 12.5 Å². The average molecular weight is 319 g/mol. The number of halogens is 2. The van der Waals surface area contributed by atoms with E-state index in [0.29, 0.717) is 22.2 Å². The first-order valence-electron chi connectivity index (χ1n) is 5.62. The zero-order valence-electron chi connectivity index (χ0n) is 10.2. The molecule has 1 atom stereocenters. The van der Waals surface area contributed by atoms with Crippen LogP contribution in [0.25, 0.3) is 0 Å². The molecule has 1 saturated heterocycles. The highest BCUT2D eigenvalue weighted by Crippen LogP contribution is 2.28. The number of amides is 3. The molecule has 0 bridgehead atoms. The molecule has 1 fully saturated rings. The number of nitrogens with zero attached hydrogens (tertiary/aromatic N) is 1. The maximum absolute atomic E-state index is 12.2. The Balaban J connectivity index is 2.24. The van der Waals surface area contributed by atoms with Crippen LogP contribution in [0.3, 0.4) is 0 Å². The highest BCUT2D eigenvalue weighted by molar-refractivity contribution is 7.98. The molecular weight excluding hydrogens is 307 g/mol. The molecule has 1 aromatic carbocycles. The van der Waals surface area contributed by atoms with Crippen LogP contribution in [-0.4, -0.2) is 30.0 Å². The average Bonchev–Trinajstić information content (AvgIpc) is 2.60. The Morgan fingerprint density at radius 3 is 2.47 bits per heavy atom. The summed E-state index contributed by atoms with van der Waals surface area (Å²) in [5, 5.41) is 3.43. The van der Waals surface area contributed by atoms with Crippen LogP contribution in [0.2, 0.25) is 10.0 Å². The molecule has 0 aliphatic carbocycles. The Bertz CT molecular complexity index is 504. The lowest BCUT2D eigenvalue weighted by molar-refractivity contribution is -0.118. The van der Waals surface area contributed by atoms with Gasteiger partial charge in [0.05, 0.1) is 5.69 Å². The van der Waals surface area contributed by atoms with E-state index in [9.17, 15) is 9.59 Å². The van der Waals surface area contributed by atoms with Crippen molar-refractivity contribution in [2.24, 2.45) is 0 Å². The number of carbonyl (C=O) groups excluding carboxylic acids is 2. The Morgan fingerprint density at radius 2 is 1.89 bits per heavy atom. The van der Waals surface area contributed by atoms with Crippen LogP contribution in [0.4, 0.5) is 10.5 Å². The van der Waals surface area contributed by atoms with Gasteiger partial charge in [0.25, 0.3) is 5.91 Å². The number of anilines is 1. The van der Waals surface area contributed by atoms with E-state index in [1.165, 1.54) is 0 Å². The number of urea groups is 1. The molecule has 19 heavy (non-hydrogen) atoms. The topological polar surface area (TPSA) is 49.4 Å². The number of carbonyl (C=O) groups is 2. The molecule has 0 spiro atoms.